The van der Waals surface area contributed by atoms with Crippen molar-refractivity contribution in [3.05, 3.63) is 126 Å². The van der Waals surface area contributed by atoms with Gasteiger partial charge in [-0.2, -0.15) is 4.31 Å². The van der Waals surface area contributed by atoms with Crippen LogP contribution in [-0.2, 0) is 27.9 Å². The van der Waals surface area contributed by atoms with Crippen LogP contribution in [0.5, 0.6) is 5.75 Å². The molecule has 1 heterocycles. The lowest BCUT2D eigenvalue weighted by atomic mass is 10.2. The molecule has 194 valence electrons. The van der Waals surface area contributed by atoms with E-state index in [1.807, 2.05) is 0 Å². The van der Waals surface area contributed by atoms with Crippen LogP contribution in [0.3, 0.4) is 0 Å². The zero-order valence-corrected chi connectivity index (χ0v) is 21.4. The fourth-order valence-corrected chi connectivity index (χ4v) is 5.14. The molecule has 0 aliphatic carbocycles. The highest BCUT2D eigenvalue weighted by atomic mass is 32.2. The van der Waals surface area contributed by atoms with Crippen molar-refractivity contribution in [2.75, 3.05) is 12.4 Å². The molecule has 0 aliphatic heterocycles. The number of aromatic nitrogens is 1. The third-order valence-electron chi connectivity index (χ3n) is 5.70. The summed E-state index contributed by atoms with van der Waals surface area (Å²) in [6.45, 7) is 0.0704. The van der Waals surface area contributed by atoms with Gasteiger partial charge in [0.25, 0.3) is 0 Å². The van der Waals surface area contributed by atoms with E-state index in [9.17, 15) is 17.6 Å². The van der Waals surface area contributed by atoms with Crippen LogP contribution >= 0.6 is 0 Å². The zero-order valence-electron chi connectivity index (χ0n) is 20.6. The van der Waals surface area contributed by atoms with Crippen molar-refractivity contribution >= 4 is 27.7 Å². The summed E-state index contributed by atoms with van der Waals surface area (Å²) in [6.07, 6.45) is 6.30. The fraction of sp³-hybridized carbons (Fsp3) is 0.103. The minimum Gasteiger partial charge on any atom is -0.496 e. The molecule has 0 radical (unpaired) electrons. The predicted molar refractivity (Wildman–Crippen MR) is 144 cm³/mol. The van der Waals surface area contributed by atoms with Crippen LogP contribution in [-0.4, -0.2) is 30.7 Å². The van der Waals surface area contributed by atoms with Crippen molar-refractivity contribution in [1.82, 2.24) is 9.29 Å². The number of pyridine rings is 1. The first-order chi connectivity index (χ1) is 18.3. The van der Waals surface area contributed by atoms with Crippen LogP contribution in [0.1, 0.15) is 16.7 Å². The molecule has 0 fully saturated rings. The number of carbonyl (C=O) groups excluding carboxylic acids is 1. The number of halogens is 1. The Kier molecular flexibility index (Phi) is 8.62. The Hall–Kier alpha value is -4.34. The number of ether oxygens (including phenoxy) is 1. The van der Waals surface area contributed by atoms with Gasteiger partial charge in [0.05, 0.1) is 12.0 Å². The molecule has 0 bridgehead atoms. The van der Waals surface area contributed by atoms with E-state index in [4.69, 9.17) is 4.74 Å². The first-order valence-electron chi connectivity index (χ1n) is 11.7. The second-order valence-electron chi connectivity index (χ2n) is 8.34. The van der Waals surface area contributed by atoms with Crippen molar-refractivity contribution < 1.29 is 22.3 Å². The van der Waals surface area contributed by atoms with E-state index in [0.29, 0.717) is 22.6 Å². The van der Waals surface area contributed by atoms with E-state index in [-0.39, 0.29) is 23.9 Å². The van der Waals surface area contributed by atoms with Crippen LogP contribution in [0.4, 0.5) is 10.1 Å². The van der Waals surface area contributed by atoms with Crippen LogP contribution in [0, 0.1) is 5.82 Å². The minimum absolute atomic E-state index is 0.0267. The number of sulfonamides is 1. The zero-order chi connectivity index (χ0) is 27.0. The van der Waals surface area contributed by atoms with E-state index in [0.717, 1.165) is 5.56 Å². The molecule has 4 aromatic rings. The third kappa shape index (κ3) is 6.90. The summed E-state index contributed by atoms with van der Waals surface area (Å²) >= 11 is 0. The molecular formula is C29H26FN3O4S. The Morgan fingerprint density at radius 1 is 0.947 bits per heavy atom. The van der Waals surface area contributed by atoms with E-state index in [1.165, 1.54) is 53.9 Å². The number of nitrogens with one attached hydrogen (secondary N) is 1. The Morgan fingerprint density at radius 2 is 1.63 bits per heavy atom. The number of hydrogen-bond donors (Lipinski definition) is 1. The second kappa shape index (κ2) is 12.3. The molecule has 0 atom stereocenters. The average Bonchev–Trinajstić information content (AvgIpc) is 2.94. The normalized spacial score (nSPS) is 11.6. The molecule has 38 heavy (non-hydrogen) atoms. The van der Waals surface area contributed by atoms with Gasteiger partial charge < -0.3 is 10.1 Å². The molecule has 0 saturated heterocycles. The number of para-hydroxylation sites is 1. The van der Waals surface area contributed by atoms with E-state index in [1.54, 1.807) is 67.0 Å². The van der Waals surface area contributed by atoms with Gasteiger partial charge in [0.15, 0.2) is 0 Å². The Labute approximate surface area is 221 Å². The second-order valence-corrected chi connectivity index (χ2v) is 10.3. The first kappa shape index (κ1) is 26.7. The Balaban J connectivity index is 1.55. The highest BCUT2D eigenvalue weighted by Gasteiger charge is 2.26. The number of hydrogen-bond acceptors (Lipinski definition) is 5. The third-order valence-corrected chi connectivity index (χ3v) is 7.51. The molecule has 7 nitrogen and oxygen atoms in total. The molecule has 1 aromatic heterocycles. The lowest BCUT2D eigenvalue weighted by molar-refractivity contribution is -0.111. The highest BCUT2D eigenvalue weighted by molar-refractivity contribution is 7.89. The highest BCUT2D eigenvalue weighted by Crippen LogP contribution is 2.26. The van der Waals surface area contributed by atoms with Gasteiger partial charge in [0.2, 0.25) is 15.9 Å². The summed E-state index contributed by atoms with van der Waals surface area (Å²) in [4.78, 5) is 16.3. The van der Waals surface area contributed by atoms with Gasteiger partial charge in [0.1, 0.15) is 11.6 Å². The maximum atomic E-state index is 13.7. The molecule has 9 heteroatoms. The van der Waals surface area contributed by atoms with Crippen molar-refractivity contribution in [3.63, 3.8) is 0 Å². The van der Waals surface area contributed by atoms with Gasteiger partial charge in [0, 0.05) is 42.8 Å². The van der Waals surface area contributed by atoms with Crippen LogP contribution in [0.25, 0.3) is 6.08 Å². The summed E-state index contributed by atoms with van der Waals surface area (Å²) < 4.78 is 47.6. The molecule has 4 rings (SSSR count). The van der Waals surface area contributed by atoms with E-state index in [2.05, 4.69) is 10.3 Å². The Bertz CT molecular complexity index is 1510. The number of amides is 1. The maximum Gasteiger partial charge on any atom is 0.248 e. The lowest BCUT2D eigenvalue weighted by Gasteiger charge is -2.23. The van der Waals surface area contributed by atoms with E-state index < -0.39 is 15.8 Å². The number of anilines is 1. The molecule has 0 aliphatic rings. The molecule has 1 N–H and O–H groups in total. The van der Waals surface area contributed by atoms with Crippen LogP contribution < -0.4 is 10.1 Å². The van der Waals surface area contributed by atoms with Gasteiger partial charge in [-0.1, -0.05) is 30.3 Å². The lowest BCUT2D eigenvalue weighted by Crippen LogP contribution is -2.30. The molecule has 0 saturated carbocycles. The fourth-order valence-electron chi connectivity index (χ4n) is 3.73. The smallest absolute Gasteiger partial charge is 0.248 e. The Morgan fingerprint density at radius 3 is 2.32 bits per heavy atom. The molecule has 3 aromatic carbocycles. The number of methoxy groups -OCH3 is 1. The summed E-state index contributed by atoms with van der Waals surface area (Å²) in [6, 6.07) is 22.4. The van der Waals surface area contributed by atoms with Crippen LogP contribution in [0.15, 0.2) is 108 Å². The van der Waals surface area contributed by atoms with Crippen molar-refractivity contribution in [2.45, 2.75) is 18.0 Å². The first-order valence-corrected chi connectivity index (χ1v) is 13.1. The van der Waals surface area contributed by atoms with Gasteiger partial charge >= 0.3 is 0 Å². The van der Waals surface area contributed by atoms with Gasteiger partial charge in [-0.15, -0.1) is 0 Å². The molecular weight excluding hydrogens is 505 g/mol. The molecule has 1 amide bonds. The number of nitrogens with zero attached hydrogens (tertiary/aromatic N) is 2. The largest absolute Gasteiger partial charge is 0.496 e. The SMILES string of the molecule is COc1ccccc1CN(Cc1ccc(F)cc1)S(=O)(=O)c1ccc(NC(=O)/C=C/c2ccncc2)cc1. The maximum absolute atomic E-state index is 13.7. The minimum atomic E-state index is -3.97. The number of benzene rings is 3. The molecule has 0 spiro atoms. The van der Waals surface area contributed by atoms with Gasteiger partial charge in [-0.3, -0.25) is 9.78 Å². The van der Waals surface area contributed by atoms with Gasteiger partial charge in [-0.05, 0) is 71.8 Å². The van der Waals surface area contributed by atoms with Crippen LogP contribution in [0.2, 0.25) is 0 Å². The summed E-state index contributed by atoms with van der Waals surface area (Å²) in [5, 5.41) is 2.72. The van der Waals surface area contributed by atoms with Crippen molar-refractivity contribution in [1.29, 1.82) is 0 Å². The summed E-state index contributed by atoms with van der Waals surface area (Å²) in [5.74, 6) is -0.197. The standard InChI is InChI=1S/C29H26FN3O4S/c1-37-28-5-3-2-4-24(28)21-33(20-23-6-9-25(30)10-7-23)38(35,36)27-13-11-26(12-14-27)32-29(34)15-8-22-16-18-31-19-17-22/h2-19H,20-21H2,1H3,(H,32,34)/b15-8+. The van der Waals surface area contributed by atoms with Crippen molar-refractivity contribution in [3.8, 4) is 5.75 Å². The monoisotopic (exact) mass is 531 g/mol. The number of rotatable bonds is 10. The summed E-state index contributed by atoms with van der Waals surface area (Å²) in [5.41, 5.74) is 2.59. The van der Waals surface area contributed by atoms with Gasteiger partial charge in [-0.25, -0.2) is 12.8 Å². The summed E-state index contributed by atoms with van der Waals surface area (Å²) in [7, 11) is -2.45. The van der Waals surface area contributed by atoms with E-state index >= 15 is 0 Å². The number of carbonyl (C=O) groups is 1. The van der Waals surface area contributed by atoms with Crippen molar-refractivity contribution in [2.24, 2.45) is 0 Å². The topological polar surface area (TPSA) is 88.6 Å². The average molecular weight is 532 g/mol. The predicted octanol–water partition coefficient (Wildman–Crippen LogP) is 5.27. The molecule has 0 unspecified atom stereocenters. The quantitative estimate of drug-likeness (QED) is 0.282.